The average molecular weight is 508 g/mol. The molecule has 9 heteroatoms. The molecule has 3 rings (SSSR count). The van der Waals surface area contributed by atoms with Crippen molar-refractivity contribution < 1.29 is 38.0 Å². The molecule has 9 nitrogen and oxygen atoms in total. The van der Waals surface area contributed by atoms with Gasteiger partial charge in [0.25, 0.3) is 0 Å². The lowest BCUT2D eigenvalue weighted by atomic mass is 10.0. The van der Waals surface area contributed by atoms with Gasteiger partial charge in [0.15, 0.2) is 28.8 Å². The van der Waals surface area contributed by atoms with E-state index in [4.69, 9.17) is 28.4 Å². The van der Waals surface area contributed by atoms with Crippen LogP contribution in [0.5, 0.6) is 34.5 Å². The van der Waals surface area contributed by atoms with E-state index in [0.29, 0.717) is 28.6 Å². The van der Waals surface area contributed by atoms with Crippen LogP contribution in [0.3, 0.4) is 0 Å². The number of rotatable bonds is 11. The van der Waals surface area contributed by atoms with E-state index in [1.165, 1.54) is 53.8 Å². The number of nitrogens with one attached hydrogen (secondary N) is 1. The van der Waals surface area contributed by atoms with Crippen LogP contribution in [0.25, 0.3) is 6.08 Å². The lowest BCUT2D eigenvalue weighted by Crippen LogP contribution is -2.11. The van der Waals surface area contributed by atoms with Gasteiger partial charge in [-0.25, -0.2) is 0 Å². The van der Waals surface area contributed by atoms with Gasteiger partial charge < -0.3 is 33.7 Å². The van der Waals surface area contributed by atoms with Crippen LogP contribution >= 0.6 is 0 Å². The van der Waals surface area contributed by atoms with Crippen molar-refractivity contribution in [2.24, 2.45) is 0 Å². The SMILES string of the molecule is COc1ccc(/C=C/C(=O)Nc2cc(C(=O)c3cc(OC)c(OC)c(OC)c3)cc(OC)c2OC)cc1. The number of hydrogen-bond acceptors (Lipinski definition) is 8. The molecule has 0 aliphatic rings. The van der Waals surface area contributed by atoms with Crippen molar-refractivity contribution in [1.29, 1.82) is 0 Å². The summed E-state index contributed by atoms with van der Waals surface area (Å²) in [5, 5.41) is 2.76. The molecule has 0 heterocycles. The highest BCUT2D eigenvalue weighted by Gasteiger charge is 2.22. The topological polar surface area (TPSA) is 102 Å². The van der Waals surface area contributed by atoms with Gasteiger partial charge in [-0.15, -0.1) is 0 Å². The van der Waals surface area contributed by atoms with E-state index >= 15 is 0 Å². The fraction of sp³-hybridized carbons (Fsp3) is 0.214. The molecule has 0 aliphatic heterocycles. The number of methoxy groups -OCH3 is 6. The Morgan fingerprint density at radius 1 is 0.649 bits per heavy atom. The van der Waals surface area contributed by atoms with E-state index in [1.807, 2.05) is 12.1 Å². The second kappa shape index (κ2) is 12.3. The van der Waals surface area contributed by atoms with Crippen molar-refractivity contribution in [3.8, 4) is 34.5 Å². The summed E-state index contributed by atoms with van der Waals surface area (Å²) in [5.74, 6) is 1.52. The van der Waals surface area contributed by atoms with E-state index in [1.54, 1.807) is 37.5 Å². The molecule has 0 radical (unpaired) electrons. The van der Waals surface area contributed by atoms with Gasteiger partial charge in [-0.2, -0.15) is 0 Å². The van der Waals surface area contributed by atoms with Crippen LogP contribution in [0.15, 0.2) is 54.6 Å². The second-order valence-corrected chi connectivity index (χ2v) is 7.60. The Kier molecular flexibility index (Phi) is 8.99. The number of carbonyl (C=O) groups excluding carboxylic acids is 2. The smallest absolute Gasteiger partial charge is 0.248 e. The first-order valence-corrected chi connectivity index (χ1v) is 11.1. The molecule has 37 heavy (non-hydrogen) atoms. The Morgan fingerprint density at radius 3 is 1.65 bits per heavy atom. The van der Waals surface area contributed by atoms with Crippen molar-refractivity contribution in [2.75, 3.05) is 48.0 Å². The summed E-state index contributed by atoms with van der Waals surface area (Å²) in [4.78, 5) is 26.2. The highest BCUT2D eigenvalue weighted by molar-refractivity contribution is 6.11. The van der Waals surface area contributed by atoms with E-state index < -0.39 is 5.91 Å². The van der Waals surface area contributed by atoms with E-state index in [2.05, 4.69) is 5.32 Å². The third kappa shape index (κ3) is 6.13. The molecule has 0 aliphatic carbocycles. The molecular weight excluding hydrogens is 478 g/mol. The molecule has 0 fully saturated rings. The van der Waals surface area contributed by atoms with Crippen molar-refractivity contribution in [3.05, 3.63) is 71.3 Å². The summed E-state index contributed by atoms with van der Waals surface area (Å²) >= 11 is 0. The van der Waals surface area contributed by atoms with Gasteiger partial charge in [0.1, 0.15) is 5.75 Å². The molecule has 194 valence electrons. The average Bonchev–Trinajstić information content (AvgIpc) is 2.94. The van der Waals surface area contributed by atoms with Crippen LogP contribution in [0.4, 0.5) is 5.69 Å². The minimum Gasteiger partial charge on any atom is -0.497 e. The molecule has 0 spiro atoms. The second-order valence-electron chi connectivity index (χ2n) is 7.60. The number of carbonyl (C=O) groups is 2. The van der Waals surface area contributed by atoms with Crippen molar-refractivity contribution in [2.45, 2.75) is 0 Å². The molecule has 0 saturated carbocycles. The summed E-state index contributed by atoms with van der Waals surface area (Å²) < 4.78 is 32.1. The fourth-order valence-corrected chi connectivity index (χ4v) is 3.63. The van der Waals surface area contributed by atoms with Crippen LogP contribution in [-0.4, -0.2) is 54.3 Å². The highest BCUT2D eigenvalue weighted by Crippen LogP contribution is 2.40. The van der Waals surface area contributed by atoms with Crippen LogP contribution in [-0.2, 0) is 4.79 Å². The van der Waals surface area contributed by atoms with Gasteiger partial charge in [0.2, 0.25) is 11.7 Å². The molecule has 1 amide bonds. The fourth-order valence-electron chi connectivity index (χ4n) is 3.63. The summed E-state index contributed by atoms with van der Waals surface area (Å²) in [5.41, 5.74) is 1.62. The molecule has 3 aromatic carbocycles. The number of ketones is 1. The summed E-state index contributed by atoms with van der Waals surface area (Å²) in [6.45, 7) is 0. The maximum atomic E-state index is 13.5. The summed E-state index contributed by atoms with van der Waals surface area (Å²) in [7, 11) is 8.89. The lowest BCUT2D eigenvalue weighted by Gasteiger charge is -2.16. The third-order valence-electron chi connectivity index (χ3n) is 5.47. The van der Waals surface area contributed by atoms with Crippen molar-refractivity contribution in [1.82, 2.24) is 0 Å². The zero-order valence-corrected chi connectivity index (χ0v) is 21.5. The number of amides is 1. The van der Waals surface area contributed by atoms with Crippen LogP contribution in [0, 0.1) is 0 Å². The van der Waals surface area contributed by atoms with Gasteiger partial charge in [0, 0.05) is 17.2 Å². The van der Waals surface area contributed by atoms with Crippen LogP contribution < -0.4 is 33.7 Å². The Bertz CT molecular complexity index is 1270. The first kappa shape index (κ1) is 26.9. The minimum absolute atomic E-state index is 0.251. The van der Waals surface area contributed by atoms with Crippen LogP contribution in [0.1, 0.15) is 21.5 Å². The molecule has 0 bridgehead atoms. The quantitative estimate of drug-likeness (QED) is 0.296. The first-order chi connectivity index (χ1) is 17.9. The minimum atomic E-state index is -0.423. The summed E-state index contributed by atoms with van der Waals surface area (Å²) in [6, 6.07) is 13.4. The molecule has 0 aromatic heterocycles. The van der Waals surface area contributed by atoms with Gasteiger partial charge in [0.05, 0.1) is 48.3 Å². The van der Waals surface area contributed by atoms with Crippen LogP contribution in [0.2, 0.25) is 0 Å². The predicted molar refractivity (Wildman–Crippen MR) is 140 cm³/mol. The third-order valence-corrected chi connectivity index (χ3v) is 5.47. The monoisotopic (exact) mass is 507 g/mol. The molecule has 0 unspecified atom stereocenters. The van der Waals surface area contributed by atoms with Crippen molar-refractivity contribution >= 4 is 23.5 Å². The van der Waals surface area contributed by atoms with E-state index in [9.17, 15) is 9.59 Å². The Hall–Kier alpha value is -4.66. The largest absolute Gasteiger partial charge is 0.497 e. The number of benzene rings is 3. The highest BCUT2D eigenvalue weighted by atomic mass is 16.5. The first-order valence-electron chi connectivity index (χ1n) is 11.1. The Balaban J connectivity index is 1.95. The molecule has 1 N–H and O–H groups in total. The standard InChI is InChI=1S/C28H29NO8/c1-32-20-10-7-17(8-11-20)9-12-25(30)29-21-13-18(14-22(33-2)27(21)36-5)26(31)19-15-23(34-3)28(37-6)24(16-19)35-4/h7-16H,1-6H3,(H,29,30)/b12-9+. The molecular formula is C28H29NO8. The van der Waals surface area contributed by atoms with Gasteiger partial charge in [-0.1, -0.05) is 12.1 Å². The van der Waals surface area contributed by atoms with Gasteiger partial charge in [-0.05, 0) is 48.0 Å². The summed E-state index contributed by atoms with van der Waals surface area (Å²) in [6.07, 6.45) is 3.03. The number of anilines is 1. The zero-order chi connectivity index (χ0) is 26.9. The molecule has 0 atom stereocenters. The molecule has 3 aromatic rings. The number of ether oxygens (including phenoxy) is 6. The zero-order valence-electron chi connectivity index (χ0n) is 21.5. The predicted octanol–water partition coefficient (Wildman–Crippen LogP) is 4.62. The number of hydrogen-bond donors (Lipinski definition) is 1. The molecule has 0 saturated heterocycles. The normalized spacial score (nSPS) is 10.5. The van der Waals surface area contributed by atoms with Gasteiger partial charge >= 0.3 is 0 Å². The van der Waals surface area contributed by atoms with E-state index in [0.717, 1.165) is 5.56 Å². The lowest BCUT2D eigenvalue weighted by molar-refractivity contribution is -0.111. The Labute approximate surface area is 215 Å². The maximum absolute atomic E-state index is 13.5. The van der Waals surface area contributed by atoms with E-state index in [-0.39, 0.29) is 28.5 Å². The Morgan fingerprint density at radius 2 is 1.16 bits per heavy atom. The maximum Gasteiger partial charge on any atom is 0.248 e. The van der Waals surface area contributed by atoms with Crippen molar-refractivity contribution in [3.63, 3.8) is 0 Å². The van der Waals surface area contributed by atoms with Gasteiger partial charge in [-0.3, -0.25) is 9.59 Å².